The second kappa shape index (κ2) is 10.2. The van der Waals surface area contributed by atoms with E-state index in [0.29, 0.717) is 23.4 Å². The van der Waals surface area contributed by atoms with Gasteiger partial charge in [-0.05, 0) is 48.6 Å². The van der Waals surface area contributed by atoms with Gasteiger partial charge in [0, 0.05) is 5.56 Å². The molecule has 0 aliphatic carbocycles. The lowest BCUT2D eigenvalue weighted by atomic mass is 9.93. The summed E-state index contributed by atoms with van der Waals surface area (Å²) in [6.07, 6.45) is 0.966. The minimum Gasteiger partial charge on any atom is -0.343 e. The van der Waals surface area contributed by atoms with Crippen LogP contribution in [0.25, 0.3) is 11.1 Å². The number of nitrogens with one attached hydrogen (secondary N) is 3. The second-order valence-electron chi connectivity index (χ2n) is 8.55. The molecule has 0 saturated carbocycles. The van der Waals surface area contributed by atoms with Crippen molar-refractivity contribution in [3.8, 4) is 11.1 Å². The third kappa shape index (κ3) is 5.55. The molecule has 8 heteroatoms. The van der Waals surface area contributed by atoms with Crippen LogP contribution < -0.4 is 16.1 Å². The van der Waals surface area contributed by atoms with Gasteiger partial charge in [0.15, 0.2) is 0 Å². The highest BCUT2D eigenvalue weighted by Crippen LogP contribution is 2.22. The van der Waals surface area contributed by atoms with E-state index in [1.807, 2.05) is 72.8 Å². The highest BCUT2D eigenvalue weighted by atomic mass is 16.2. The first-order chi connectivity index (χ1) is 16.9. The van der Waals surface area contributed by atoms with E-state index in [-0.39, 0.29) is 0 Å². The number of aryl methyl sites for hydroxylation is 1. The van der Waals surface area contributed by atoms with E-state index in [1.54, 1.807) is 19.1 Å². The van der Waals surface area contributed by atoms with Crippen LogP contribution in [0.3, 0.4) is 0 Å². The van der Waals surface area contributed by atoms with Crippen LogP contribution in [0.1, 0.15) is 29.3 Å². The minimum atomic E-state index is -1.13. The number of amides is 5. The van der Waals surface area contributed by atoms with Crippen molar-refractivity contribution < 1.29 is 19.2 Å². The Kier molecular flexibility index (Phi) is 6.91. The Morgan fingerprint density at radius 3 is 2.11 bits per heavy atom. The lowest BCUT2D eigenvalue weighted by molar-refractivity contribution is -0.138. The Hall–Kier alpha value is -4.46. The summed E-state index contributed by atoms with van der Waals surface area (Å²) in [6, 6.07) is 25.7. The highest BCUT2D eigenvalue weighted by Gasteiger charge is 2.48. The fourth-order valence-electron chi connectivity index (χ4n) is 3.87. The van der Waals surface area contributed by atoms with Gasteiger partial charge in [0.1, 0.15) is 5.54 Å². The Morgan fingerprint density at radius 2 is 1.46 bits per heavy atom. The molecule has 1 saturated heterocycles. The van der Waals surface area contributed by atoms with Crippen molar-refractivity contribution in [1.29, 1.82) is 0 Å². The average Bonchev–Trinajstić information content (AvgIpc) is 3.10. The van der Waals surface area contributed by atoms with Crippen LogP contribution in [0, 0.1) is 0 Å². The van der Waals surface area contributed by atoms with Crippen LogP contribution in [0.5, 0.6) is 0 Å². The number of hydrazine groups is 1. The summed E-state index contributed by atoms with van der Waals surface area (Å²) >= 11 is 0. The van der Waals surface area contributed by atoms with E-state index >= 15 is 0 Å². The molecule has 35 heavy (non-hydrogen) atoms. The lowest BCUT2D eigenvalue weighted by Crippen LogP contribution is -2.51. The zero-order valence-corrected chi connectivity index (χ0v) is 19.3. The molecule has 0 spiro atoms. The lowest BCUT2D eigenvalue weighted by Gasteiger charge is -2.21. The van der Waals surface area contributed by atoms with Crippen LogP contribution >= 0.6 is 0 Å². The first kappa shape index (κ1) is 23.7. The molecule has 4 rings (SSSR count). The Labute approximate surface area is 203 Å². The maximum absolute atomic E-state index is 12.8. The summed E-state index contributed by atoms with van der Waals surface area (Å²) in [4.78, 5) is 50.0. The summed E-state index contributed by atoms with van der Waals surface area (Å²) in [5.74, 6) is -1.67. The number of benzene rings is 3. The molecule has 3 aromatic rings. The van der Waals surface area contributed by atoms with Crippen molar-refractivity contribution >= 4 is 23.8 Å². The smallest absolute Gasteiger partial charge is 0.343 e. The summed E-state index contributed by atoms with van der Waals surface area (Å²) < 4.78 is 0. The van der Waals surface area contributed by atoms with E-state index in [9.17, 15) is 19.2 Å². The zero-order chi connectivity index (χ0) is 24.8. The van der Waals surface area contributed by atoms with Crippen LogP contribution in [0.4, 0.5) is 4.79 Å². The Bertz CT molecular complexity index is 1230. The fraction of sp³-hybridized carbons (Fsp3) is 0.185. The third-order valence-electron chi connectivity index (χ3n) is 5.92. The Morgan fingerprint density at radius 1 is 0.857 bits per heavy atom. The van der Waals surface area contributed by atoms with Crippen LogP contribution in [0.2, 0.25) is 0 Å². The van der Waals surface area contributed by atoms with Crippen LogP contribution in [-0.2, 0) is 16.0 Å². The van der Waals surface area contributed by atoms with Crippen molar-refractivity contribution in [2.24, 2.45) is 0 Å². The standard InChI is InChI=1S/C27H26N4O4/c1-27(17-16-19-8-4-2-5-9-19)25(34)31(26(35)29-27)30-23(32)18-28-24(33)22-14-12-21(13-15-22)20-10-6-3-7-11-20/h2-15H,16-18H2,1H3,(H,28,33)(H,29,35)(H,30,32). The van der Waals surface area contributed by atoms with Gasteiger partial charge in [0.25, 0.3) is 17.7 Å². The van der Waals surface area contributed by atoms with E-state index in [1.165, 1.54) is 0 Å². The third-order valence-corrected chi connectivity index (χ3v) is 5.92. The molecule has 3 N–H and O–H groups in total. The molecule has 3 aromatic carbocycles. The van der Waals surface area contributed by atoms with Gasteiger partial charge in [-0.1, -0.05) is 72.8 Å². The molecule has 178 valence electrons. The van der Waals surface area contributed by atoms with E-state index in [2.05, 4.69) is 16.1 Å². The quantitative estimate of drug-likeness (QED) is 0.440. The number of urea groups is 1. The number of hydrogen-bond acceptors (Lipinski definition) is 4. The maximum Gasteiger partial charge on any atom is 0.344 e. The number of rotatable bonds is 8. The van der Waals surface area contributed by atoms with Gasteiger partial charge in [-0.2, -0.15) is 5.01 Å². The number of carbonyl (C=O) groups excluding carboxylic acids is 4. The molecule has 0 bridgehead atoms. The van der Waals surface area contributed by atoms with E-state index < -0.39 is 35.8 Å². The molecular weight excluding hydrogens is 444 g/mol. The maximum atomic E-state index is 12.8. The second-order valence-corrected chi connectivity index (χ2v) is 8.55. The molecule has 0 radical (unpaired) electrons. The van der Waals surface area contributed by atoms with Gasteiger partial charge in [0.05, 0.1) is 6.54 Å². The predicted molar refractivity (Wildman–Crippen MR) is 131 cm³/mol. The first-order valence-corrected chi connectivity index (χ1v) is 11.3. The van der Waals surface area contributed by atoms with Gasteiger partial charge in [-0.25, -0.2) is 4.79 Å². The number of nitrogens with zero attached hydrogens (tertiary/aromatic N) is 1. The number of hydrogen-bond donors (Lipinski definition) is 3. The molecule has 1 fully saturated rings. The molecule has 1 unspecified atom stereocenters. The van der Waals surface area contributed by atoms with Gasteiger partial charge < -0.3 is 10.6 Å². The number of imide groups is 1. The van der Waals surface area contributed by atoms with Crippen molar-refractivity contribution in [2.75, 3.05) is 6.54 Å². The average molecular weight is 471 g/mol. The summed E-state index contributed by atoms with van der Waals surface area (Å²) in [6.45, 7) is 1.24. The topological polar surface area (TPSA) is 108 Å². The zero-order valence-electron chi connectivity index (χ0n) is 19.3. The molecule has 5 amide bonds. The van der Waals surface area contributed by atoms with Crippen molar-refractivity contribution in [1.82, 2.24) is 21.1 Å². The van der Waals surface area contributed by atoms with E-state index in [0.717, 1.165) is 16.7 Å². The molecule has 0 aromatic heterocycles. The van der Waals surface area contributed by atoms with Crippen LogP contribution in [-0.4, -0.2) is 40.8 Å². The summed E-state index contributed by atoms with van der Waals surface area (Å²) in [5.41, 5.74) is 4.58. The Balaban J connectivity index is 1.29. The normalized spacial score (nSPS) is 17.1. The van der Waals surface area contributed by atoms with Crippen LogP contribution in [0.15, 0.2) is 84.9 Å². The fourth-order valence-corrected chi connectivity index (χ4v) is 3.87. The highest BCUT2D eigenvalue weighted by molar-refractivity contribution is 6.08. The molecule has 1 atom stereocenters. The molecule has 1 aliphatic heterocycles. The van der Waals surface area contributed by atoms with Crippen molar-refractivity contribution in [2.45, 2.75) is 25.3 Å². The van der Waals surface area contributed by atoms with Crippen molar-refractivity contribution in [3.05, 3.63) is 96.1 Å². The van der Waals surface area contributed by atoms with Gasteiger partial charge in [-0.15, -0.1) is 0 Å². The first-order valence-electron chi connectivity index (χ1n) is 11.3. The molecular formula is C27H26N4O4. The molecule has 1 heterocycles. The van der Waals surface area contributed by atoms with Gasteiger partial charge in [-0.3, -0.25) is 19.8 Å². The van der Waals surface area contributed by atoms with Crippen molar-refractivity contribution in [3.63, 3.8) is 0 Å². The van der Waals surface area contributed by atoms with Gasteiger partial charge >= 0.3 is 6.03 Å². The molecule has 1 aliphatic rings. The minimum absolute atomic E-state index is 0.379. The largest absolute Gasteiger partial charge is 0.344 e. The van der Waals surface area contributed by atoms with E-state index in [4.69, 9.17) is 0 Å². The summed E-state index contributed by atoms with van der Waals surface area (Å²) in [5, 5.41) is 5.83. The summed E-state index contributed by atoms with van der Waals surface area (Å²) in [7, 11) is 0. The predicted octanol–water partition coefficient (Wildman–Crippen LogP) is 3.06. The number of carbonyl (C=O) groups is 4. The monoisotopic (exact) mass is 470 g/mol. The SMILES string of the molecule is CC1(CCc2ccccc2)NC(=O)N(NC(=O)CNC(=O)c2ccc(-c3ccccc3)cc2)C1=O. The van der Waals surface area contributed by atoms with Gasteiger partial charge in [0.2, 0.25) is 0 Å². The molecule has 8 nitrogen and oxygen atoms in total.